The van der Waals surface area contributed by atoms with Crippen molar-refractivity contribution in [3.63, 3.8) is 0 Å². The van der Waals surface area contributed by atoms with E-state index in [-0.39, 0.29) is 12.2 Å². The second-order valence-corrected chi connectivity index (χ2v) is 4.14. The molecule has 0 aromatic carbocycles. The molecular formula is C10H17NO2. The maximum Gasteiger partial charge on any atom is 0.327 e. The summed E-state index contributed by atoms with van der Waals surface area (Å²) in [5.41, 5.74) is -0.535. The van der Waals surface area contributed by atoms with E-state index in [1.807, 2.05) is 6.92 Å². The average molecular weight is 183 g/mol. The standard InChI is InChI=1S/C10H17NO2/c1-5-8-11-10(4,6-7(2)3)9(12)13-8/h5,7-8,11H,1,6H2,2-4H3. The van der Waals surface area contributed by atoms with Crippen LogP contribution in [0.1, 0.15) is 27.2 Å². The monoisotopic (exact) mass is 183 g/mol. The van der Waals surface area contributed by atoms with Crippen LogP contribution in [0.4, 0.5) is 0 Å². The van der Waals surface area contributed by atoms with Crippen LogP contribution in [-0.2, 0) is 9.53 Å². The van der Waals surface area contributed by atoms with Crippen molar-refractivity contribution in [1.29, 1.82) is 0 Å². The second kappa shape index (κ2) is 3.50. The van der Waals surface area contributed by atoms with Gasteiger partial charge in [-0.1, -0.05) is 20.4 Å². The molecule has 3 heteroatoms. The van der Waals surface area contributed by atoms with Crippen molar-refractivity contribution in [3.8, 4) is 0 Å². The zero-order valence-electron chi connectivity index (χ0n) is 8.46. The number of carbonyl (C=O) groups is 1. The summed E-state index contributed by atoms with van der Waals surface area (Å²) in [6.45, 7) is 9.63. The van der Waals surface area contributed by atoms with Crippen molar-refractivity contribution >= 4 is 5.97 Å². The molecule has 1 aliphatic rings. The Bertz CT molecular complexity index is 225. The molecule has 0 aromatic rings. The number of hydrogen-bond acceptors (Lipinski definition) is 3. The van der Waals surface area contributed by atoms with Gasteiger partial charge in [0.05, 0.1) is 0 Å². The Morgan fingerprint density at radius 1 is 1.77 bits per heavy atom. The number of hydrogen-bond donors (Lipinski definition) is 1. The Labute approximate surface area is 79.2 Å². The highest BCUT2D eigenvalue weighted by Crippen LogP contribution is 2.24. The molecule has 0 spiro atoms. The molecule has 0 aromatic heterocycles. The molecule has 1 fully saturated rings. The number of rotatable bonds is 3. The first-order valence-electron chi connectivity index (χ1n) is 4.59. The van der Waals surface area contributed by atoms with E-state index in [4.69, 9.17) is 4.74 Å². The quantitative estimate of drug-likeness (QED) is 0.531. The van der Waals surface area contributed by atoms with Crippen molar-refractivity contribution in [2.75, 3.05) is 0 Å². The zero-order chi connectivity index (χ0) is 10.1. The summed E-state index contributed by atoms with van der Waals surface area (Å²) in [5.74, 6) is 0.291. The van der Waals surface area contributed by atoms with Gasteiger partial charge >= 0.3 is 5.97 Å². The molecule has 74 valence electrons. The zero-order valence-corrected chi connectivity index (χ0v) is 8.46. The third-order valence-electron chi connectivity index (χ3n) is 2.18. The van der Waals surface area contributed by atoms with Crippen LogP contribution in [0.2, 0.25) is 0 Å². The average Bonchev–Trinajstić information content (AvgIpc) is 2.26. The van der Waals surface area contributed by atoms with Crippen LogP contribution in [0.15, 0.2) is 12.7 Å². The summed E-state index contributed by atoms with van der Waals surface area (Å²) in [4.78, 5) is 11.5. The van der Waals surface area contributed by atoms with Crippen LogP contribution in [0, 0.1) is 5.92 Å². The van der Waals surface area contributed by atoms with Crippen LogP contribution in [-0.4, -0.2) is 17.7 Å². The van der Waals surface area contributed by atoms with Gasteiger partial charge in [-0.25, -0.2) is 4.79 Å². The van der Waals surface area contributed by atoms with Gasteiger partial charge in [-0.3, -0.25) is 5.32 Å². The Kier molecular flexibility index (Phi) is 2.76. The molecule has 1 N–H and O–H groups in total. The highest BCUT2D eigenvalue weighted by molar-refractivity contribution is 5.82. The van der Waals surface area contributed by atoms with E-state index in [0.717, 1.165) is 6.42 Å². The second-order valence-electron chi connectivity index (χ2n) is 4.14. The van der Waals surface area contributed by atoms with E-state index < -0.39 is 5.54 Å². The minimum Gasteiger partial charge on any atom is -0.441 e. The number of carbonyl (C=O) groups excluding carboxylic acids is 1. The highest BCUT2D eigenvalue weighted by Gasteiger charge is 2.43. The molecule has 2 atom stereocenters. The lowest BCUT2D eigenvalue weighted by molar-refractivity contribution is -0.144. The van der Waals surface area contributed by atoms with Crippen molar-refractivity contribution < 1.29 is 9.53 Å². The molecule has 13 heavy (non-hydrogen) atoms. The van der Waals surface area contributed by atoms with E-state index in [2.05, 4.69) is 25.7 Å². The summed E-state index contributed by atoms with van der Waals surface area (Å²) < 4.78 is 5.06. The van der Waals surface area contributed by atoms with Gasteiger partial charge in [0.25, 0.3) is 0 Å². The molecule has 3 nitrogen and oxygen atoms in total. The molecule has 1 heterocycles. The molecule has 0 saturated carbocycles. The maximum atomic E-state index is 11.5. The van der Waals surface area contributed by atoms with E-state index in [0.29, 0.717) is 5.92 Å². The van der Waals surface area contributed by atoms with Gasteiger partial charge in [-0.2, -0.15) is 0 Å². The lowest BCUT2D eigenvalue weighted by Crippen LogP contribution is -2.45. The predicted molar refractivity (Wildman–Crippen MR) is 51.1 cm³/mol. The number of esters is 1. The summed E-state index contributed by atoms with van der Waals surface area (Å²) >= 11 is 0. The van der Waals surface area contributed by atoms with Crippen molar-refractivity contribution in [1.82, 2.24) is 5.32 Å². The fraction of sp³-hybridized carbons (Fsp3) is 0.700. The summed E-state index contributed by atoms with van der Waals surface area (Å²) in [7, 11) is 0. The fourth-order valence-electron chi connectivity index (χ4n) is 1.71. The maximum absolute atomic E-state index is 11.5. The third kappa shape index (κ3) is 2.10. The molecule has 2 unspecified atom stereocenters. The minimum absolute atomic E-state index is 0.175. The van der Waals surface area contributed by atoms with Crippen LogP contribution >= 0.6 is 0 Å². The van der Waals surface area contributed by atoms with Crippen molar-refractivity contribution in [3.05, 3.63) is 12.7 Å². The topological polar surface area (TPSA) is 38.3 Å². The summed E-state index contributed by atoms with van der Waals surface area (Å²) in [6, 6.07) is 0. The van der Waals surface area contributed by atoms with Crippen LogP contribution in [0.3, 0.4) is 0 Å². The van der Waals surface area contributed by atoms with Crippen molar-refractivity contribution in [2.45, 2.75) is 39.0 Å². The first-order chi connectivity index (χ1) is 5.98. The normalized spacial score (nSPS) is 33.5. The van der Waals surface area contributed by atoms with Crippen molar-refractivity contribution in [2.24, 2.45) is 5.92 Å². The highest BCUT2D eigenvalue weighted by atomic mass is 16.6. The number of ether oxygens (including phenoxy) is 1. The van der Waals surface area contributed by atoms with Crippen LogP contribution in [0.25, 0.3) is 0 Å². The Balaban J connectivity index is 2.68. The largest absolute Gasteiger partial charge is 0.441 e. The Morgan fingerprint density at radius 3 is 2.77 bits per heavy atom. The van der Waals surface area contributed by atoms with Gasteiger partial charge in [0.1, 0.15) is 5.54 Å². The fourth-order valence-corrected chi connectivity index (χ4v) is 1.71. The van der Waals surface area contributed by atoms with Gasteiger partial charge in [0, 0.05) is 0 Å². The molecule has 0 radical (unpaired) electrons. The molecular weight excluding hydrogens is 166 g/mol. The van der Waals surface area contributed by atoms with E-state index >= 15 is 0 Å². The van der Waals surface area contributed by atoms with E-state index in [9.17, 15) is 4.79 Å². The molecule has 1 saturated heterocycles. The smallest absolute Gasteiger partial charge is 0.327 e. The lowest BCUT2D eigenvalue weighted by atomic mass is 9.91. The van der Waals surface area contributed by atoms with Gasteiger partial charge < -0.3 is 4.74 Å². The van der Waals surface area contributed by atoms with E-state index in [1.165, 1.54) is 0 Å². The summed E-state index contributed by atoms with van der Waals surface area (Å²) in [5, 5.41) is 3.11. The molecule has 0 aliphatic carbocycles. The lowest BCUT2D eigenvalue weighted by Gasteiger charge is -2.21. The minimum atomic E-state index is -0.535. The van der Waals surface area contributed by atoms with Crippen LogP contribution in [0.5, 0.6) is 0 Å². The number of cyclic esters (lactones) is 1. The third-order valence-corrected chi connectivity index (χ3v) is 2.18. The Hall–Kier alpha value is -0.830. The molecule has 1 aliphatic heterocycles. The van der Waals surface area contributed by atoms with Crippen LogP contribution < -0.4 is 5.32 Å². The predicted octanol–water partition coefficient (Wildman–Crippen LogP) is 1.45. The number of nitrogens with one attached hydrogen (secondary N) is 1. The van der Waals surface area contributed by atoms with Gasteiger partial charge in [0.2, 0.25) is 0 Å². The summed E-state index contributed by atoms with van der Waals surface area (Å²) in [6.07, 6.45) is 2.07. The molecule has 0 bridgehead atoms. The van der Waals surface area contributed by atoms with E-state index in [1.54, 1.807) is 6.08 Å². The van der Waals surface area contributed by atoms with Gasteiger partial charge in [-0.05, 0) is 25.3 Å². The SMILES string of the molecule is C=CC1NC(C)(CC(C)C)C(=O)O1. The van der Waals surface area contributed by atoms with Gasteiger partial charge in [-0.15, -0.1) is 0 Å². The first kappa shape index (κ1) is 10.3. The van der Waals surface area contributed by atoms with Gasteiger partial charge in [0.15, 0.2) is 6.23 Å². The molecule has 0 amide bonds. The first-order valence-corrected chi connectivity index (χ1v) is 4.59. The molecule has 1 rings (SSSR count). The Morgan fingerprint density at radius 2 is 2.38 bits per heavy atom.